The SMILES string of the molecule is Cc1cnc(N2CCC(O)C2)cc1[N+](=O)[O-]. The number of nitro groups is 1. The van der Waals surface area contributed by atoms with Crippen molar-refractivity contribution in [2.45, 2.75) is 19.4 Å². The summed E-state index contributed by atoms with van der Waals surface area (Å²) in [6.07, 6.45) is 1.82. The van der Waals surface area contributed by atoms with Crippen LogP contribution in [-0.4, -0.2) is 34.2 Å². The summed E-state index contributed by atoms with van der Waals surface area (Å²) in [6, 6.07) is 1.47. The van der Waals surface area contributed by atoms with Gasteiger partial charge in [-0.3, -0.25) is 10.1 Å². The molecule has 1 aromatic heterocycles. The van der Waals surface area contributed by atoms with Crippen LogP contribution in [0.3, 0.4) is 0 Å². The molecule has 0 aromatic carbocycles. The maximum atomic E-state index is 10.8. The molecule has 1 atom stereocenters. The van der Waals surface area contributed by atoms with Gasteiger partial charge in [0.25, 0.3) is 5.69 Å². The second kappa shape index (κ2) is 4.05. The lowest BCUT2D eigenvalue weighted by Crippen LogP contribution is -2.22. The molecule has 0 amide bonds. The quantitative estimate of drug-likeness (QED) is 0.594. The second-order valence-corrected chi connectivity index (χ2v) is 3.97. The van der Waals surface area contributed by atoms with E-state index in [1.807, 2.05) is 4.90 Å². The van der Waals surface area contributed by atoms with Gasteiger partial charge in [-0.15, -0.1) is 0 Å². The molecule has 2 heterocycles. The minimum atomic E-state index is -0.410. The number of pyridine rings is 1. The summed E-state index contributed by atoms with van der Waals surface area (Å²) in [5, 5.41) is 20.2. The Morgan fingerprint density at radius 3 is 3.00 bits per heavy atom. The second-order valence-electron chi connectivity index (χ2n) is 3.97. The van der Waals surface area contributed by atoms with E-state index in [0.717, 1.165) is 0 Å². The first-order valence-electron chi connectivity index (χ1n) is 5.12. The van der Waals surface area contributed by atoms with E-state index in [0.29, 0.717) is 30.9 Å². The molecule has 1 N–H and O–H groups in total. The summed E-state index contributed by atoms with van der Waals surface area (Å²) in [5.41, 5.74) is 0.625. The number of nitrogens with zero attached hydrogens (tertiary/aromatic N) is 3. The Morgan fingerprint density at radius 2 is 2.44 bits per heavy atom. The molecule has 0 aliphatic carbocycles. The van der Waals surface area contributed by atoms with Gasteiger partial charge in [0.15, 0.2) is 0 Å². The van der Waals surface area contributed by atoms with Crippen LogP contribution in [0.15, 0.2) is 12.3 Å². The average molecular weight is 223 g/mol. The minimum Gasteiger partial charge on any atom is -0.391 e. The summed E-state index contributed by atoms with van der Waals surface area (Å²) < 4.78 is 0. The Labute approximate surface area is 92.7 Å². The predicted octanol–water partition coefficient (Wildman–Crippen LogP) is 0.869. The minimum absolute atomic E-state index is 0.0754. The van der Waals surface area contributed by atoms with E-state index >= 15 is 0 Å². The number of hydrogen-bond donors (Lipinski definition) is 1. The van der Waals surface area contributed by atoms with Crippen LogP contribution in [0.1, 0.15) is 12.0 Å². The molecule has 2 rings (SSSR count). The van der Waals surface area contributed by atoms with Gasteiger partial charge in [-0.2, -0.15) is 0 Å². The van der Waals surface area contributed by atoms with Crippen LogP contribution >= 0.6 is 0 Å². The lowest BCUT2D eigenvalue weighted by atomic mass is 10.2. The van der Waals surface area contributed by atoms with E-state index < -0.39 is 4.92 Å². The number of β-amino-alcohol motifs (C(OH)–C–C–N with tert-alkyl or cyclic N) is 1. The topological polar surface area (TPSA) is 79.5 Å². The van der Waals surface area contributed by atoms with Crippen molar-refractivity contribution in [3.8, 4) is 0 Å². The maximum Gasteiger partial charge on any atom is 0.277 e. The van der Waals surface area contributed by atoms with Gasteiger partial charge in [-0.1, -0.05) is 0 Å². The highest BCUT2D eigenvalue weighted by Crippen LogP contribution is 2.24. The van der Waals surface area contributed by atoms with Crippen LogP contribution < -0.4 is 4.90 Å². The number of aliphatic hydroxyl groups excluding tert-OH is 1. The van der Waals surface area contributed by atoms with Crippen molar-refractivity contribution in [3.63, 3.8) is 0 Å². The van der Waals surface area contributed by atoms with Crippen LogP contribution in [0.2, 0.25) is 0 Å². The van der Waals surface area contributed by atoms with Gasteiger partial charge < -0.3 is 10.0 Å². The third-order valence-electron chi connectivity index (χ3n) is 2.74. The third kappa shape index (κ3) is 1.96. The molecule has 1 fully saturated rings. The molecule has 0 bridgehead atoms. The molecule has 6 nitrogen and oxygen atoms in total. The van der Waals surface area contributed by atoms with Crippen molar-refractivity contribution in [1.82, 2.24) is 4.98 Å². The van der Waals surface area contributed by atoms with Gasteiger partial charge in [0, 0.05) is 24.8 Å². The molecular weight excluding hydrogens is 210 g/mol. The molecule has 0 saturated carbocycles. The Bertz CT molecular complexity index is 422. The first-order chi connectivity index (χ1) is 7.58. The van der Waals surface area contributed by atoms with Crippen molar-refractivity contribution < 1.29 is 10.0 Å². The molecule has 1 aliphatic heterocycles. The summed E-state index contributed by atoms with van der Waals surface area (Å²) in [6.45, 7) is 2.84. The molecular formula is C10H13N3O3. The Balaban J connectivity index is 2.29. The van der Waals surface area contributed by atoms with Crippen molar-refractivity contribution in [2.24, 2.45) is 0 Å². The van der Waals surface area contributed by atoms with E-state index in [-0.39, 0.29) is 11.8 Å². The van der Waals surface area contributed by atoms with Gasteiger partial charge >= 0.3 is 0 Å². The van der Waals surface area contributed by atoms with Crippen molar-refractivity contribution in [3.05, 3.63) is 27.9 Å². The van der Waals surface area contributed by atoms with Gasteiger partial charge in [0.2, 0.25) is 0 Å². The fraction of sp³-hybridized carbons (Fsp3) is 0.500. The smallest absolute Gasteiger partial charge is 0.277 e. The lowest BCUT2D eigenvalue weighted by Gasteiger charge is -2.16. The molecule has 1 aromatic rings. The van der Waals surface area contributed by atoms with Crippen LogP contribution in [-0.2, 0) is 0 Å². The van der Waals surface area contributed by atoms with Gasteiger partial charge in [0.05, 0.1) is 17.1 Å². The fourth-order valence-corrected chi connectivity index (χ4v) is 1.82. The number of anilines is 1. The van der Waals surface area contributed by atoms with E-state index in [2.05, 4.69) is 4.98 Å². The monoisotopic (exact) mass is 223 g/mol. The molecule has 1 aliphatic rings. The molecule has 1 saturated heterocycles. The Hall–Kier alpha value is -1.69. The standard InChI is InChI=1S/C10H13N3O3/c1-7-5-11-10(4-9(7)13(15)16)12-3-2-8(14)6-12/h4-5,8,14H,2-3,6H2,1H3. The Morgan fingerprint density at radius 1 is 1.69 bits per heavy atom. The summed E-state index contributed by atoms with van der Waals surface area (Å²) in [4.78, 5) is 16.4. The molecule has 86 valence electrons. The zero-order valence-corrected chi connectivity index (χ0v) is 8.96. The van der Waals surface area contributed by atoms with E-state index in [9.17, 15) is 15.2 Å². The molecule has 6 heteroatoms. The summed E-state index contributed by atoms with van der Waals surface area (Å²) >= 11 is 0. The largest absolute Gasteiger partial charge is 0.391 e. The number of aryl methyl sites for hydroxylation is 1. The summed E-state index contributed by atoms with van der Waals surface area (Å²) in [7, 11) is 0. The first-order valence-corrected chi connectivity index (χ1v) is 5.12. The number of aromatic nitrogens is 1. The van der Waals surface area contributed by atoms with Crippen LogP contribution in [0.5, 0.6) is 0 Å². The lowest BCUT2D eigenvalue weighted by molar-refractivity contribution is -0.385. The highest BCUT2D eigenvalue weighted by Gasteiger charge is 2.23. The summed E-state index contributed by atoms with van der Waals surface area (Å²) in [5.74, 6) is 0.564. The average Bonchev–Trinajstić information content (AvgIpc) is 2.65. The molecule has 16 heavy (non-hydrogen) atoms. The highest BCUT2D eigenvalue weighted by molar-refractivity contribution is 5.51. The van der Waals surface area contributed by atoms with Crippen LogP contribution in [0.4, 0.5) is 11.5 Å². The van der Waals surface area contributed by atoms with Crippen LogP contribution in [0.25, 0.3) is 0 Å². The normalized spacial score (nSPS) is 20.1. The van der Waals surface area contributed by atoms with E-state index in [4.69, 9.17) is 0 Å². The van der Waals surface area contributed by atoms with Gasteiger partial charge in [0.1, 0.15) is 5.82 Å². The molecule has 0 radical (unpaired) electrons. The van der Waals surface area contributed by atoms with Crippen molar-refractivity contribution >= 4 is 11.5 Å². The third-order valence-corrected chi connectivity index (χ3v) is 2.74. The first kappa shape index (κ1) is 10.8. The number of rotatable bonds is 2. The predicted molar refractivity (Wildman–Crippen MR) is 58.5 cm³/mol. The van der Waals surface area contributed by atoms with Crippen molar-refractivity contribution in [2.75, 3.05) is 18.0 Å². The highest BCUT2D eigenvalue weighted by atomic mass is 16.6. The van der Waals surface area contributed by atoms with Gasteiger partial charge in [-0.05, 0) is 13.3 Å². The number of hydrogen-bond acceptors (Lipinski definition) is 5. The van der Waals surface area contributed by atoms with Crippen LogP contribution in [0, 0.1) is 17.0 Å². The van der Waals surface area contributed by atoms with Crippen molar-refractivity contribution in [1.29, 1.82) is 0 Å². The maximum absolute atomic E-state index is 10.8. The fourth-order valence-electron chi connectivity index (χ4n) is 1.82. The Kier molecular flexibility index (Phi) is 2.74. The van der Waals surface area contributed by atoms with E-state index in [1.165, 1.54) is 12.3 Å². The zero-order chi connectivity index (χ0) is 11.7. The number of aliphatic hydroxyl groups is 1. The molecule has 0 spiro atoms. The van der Waals surface area contributed by atoms with E-state index in [1.54, 1.807) is 6.92 Å². The van der Waals surface area contributed by atoms with Gasteiger partial charge in [-0.25, -0.2) is 4.98 Å². The zero-order valence-electron chi connectivity index (χ0n) is 8.96. The molecule has 1 unspecified atom stereocenters.